The highest BCUT2D eigenvalue weighted by atomic mass is 16.6. The van der Waals surface area contributed by atoms with E-state index in [-0.39, 0.29) is 5.92 Å². The quantitative estimate of drug-likeness (QED) is 0.525. The van der Waals surface area contributed by atoms with Crippen LogP contribution < -0.4 is 5.73 Å². The number of hydrogen-bond acceptors (Lipinski definition) is 5. The van der Waals surface area contributed by atoms with E-state index in [1.165, 1.54) is 16.7 Å². The highest BCUT2D eigenvalue weighted by Gasteiger charge is 2.28. The third kappa shape index (κ3) is 3.74. The van der Waals surface area contributed by atoms with Crippen LogP contribution in [-0.4, -0.2) is 22.3 Å². The summed E-state index contributed by atoms with van der Waals surface area (Å²) in [4.78, 5) is 14.2. The minimum atomic E-state index is 0.252. The van der Waals surface area contributed by atoms with E-state index in [1.807, 2.05) is 6.07 Å². The van der Waals surface area contributed by atoms with Crippen molar-refractivity contribution in [3.63, 3.8) is 0 Å². The molecule has 0 saturated carbocycles. The zero-order valence-electron chi connectivity index (χ0n) is 16.0. The first-order chi connectivity index (χ1) is 13.8. The van der Waals surface area contributed by atoms with Gasteiger partial charge in [-0.3, -0.25) is 0 Å². The fourth-order valence-electron chi connectivity index (χ4n) is 3.73. The van der Waals surface area contributed by atoms with Crippen molar-refractivity contribution in [1.29, 1.82) is 0 Å². The summed E-state index contributed by atoms with van der Waals surface area (Å²) < 4.78 is 0. The van der Waals surface area contributed by atoms with Crippen molar-refractivity contribution < 1.29 is 4.84 Å². The number of aromatic nitrogens is 2. The van der Waals surface area contributed by atoms with Gasteiger partial charge in [-0.1, -0.05) is 66.7 Å². The number of hydrogen-bond donors (Lipinski definition) is 1. The van der Waals surface area contributed by atoms with E-state index >= 15 is 0 Å². The SMILES string of the molecule is CCCO/N=C1\CC(c2ccccc2-c2ccccc2)Cc2nc(N)ncc21. The van der Waals surface area contributed by atoms with Gasteiger partial charge in [-0.15, -0.1) is 0 Å². The summed E-state index contributed by atoms with van der Waals surface area (Å²) in [5.74, 6) is 0.548. The Kier molecular flexibility index (Phi) is 5.33. The van der Waals surface area contributed by atoms with Gasteiger partial charge in [0.1, 0.15) is 6.61 Å². The van der Waals surface area contributed by atoms with Gasteiger partial charge >= 0.3 is 0 Å². The first-order valence-corrected chi connectivity index (χ1v) is 9.71. The fourth-order valence-corrected chi connectivity index (χ4v) is 3.73. The van der Waals surface area contributed by atoms with Crippen LogP contribution in [0.2, 0.25) is 0 Å². The summed E-state index contributed by atoms with van der Waals surface area (Å²) in [5.41, 5.74) is 12.4. The van der Waals surface area contributed by atoms with Crippen molar-refractivity contribution >= 4 is 11.7 Å². The third-order valence-electron chi connectivity index (χ3n) is 5.03. The van der Waals surface area contributed by atoms with Crippen molar-refractivity contribution in [2.24, 2.45) is 5.16 Å². The summed E-state index contributed by atoms with van der Waals surface area (Å²) in [7, 11) is 0. The standard InChI is InChI=1S/C23H24N4O/c1-2-12-28-27-22-14-17(13-21-20(22)15-25-23(24)26-21)19-11-7-6-10-18(19)16-8-4-3-5-9-16/h3-11,15,17H,2,12-14H2,1H3,(H2,24,25,26)/b27-22+. The van der Waals surface area contributed by atoms with Gasteiger partial charge in [0, 0.05) is 18.2 Å². The molecule has 5 heteroatoms. The maximum atomic E-state index is 5.86. The Morgan fingerprint density at radius 1 is 1.04 bits per heavy atom. The zero-order valence-corrected chi connectivity index (χ0v) is 16.0. The molecule has 5 nitrogen and oxygen atoms in total. The maximum Gasteiger partial charge on any atom is 0.220 e. The molecule has 2 N–H and O–H groups in total. The molecule has 4 rings (SSSR count). The number of nitrogens with two attached hydrogens (primary N) is 1. The van der Waals surface area contributed by atoms with E-state index in [9.17, 15) is 0 Å². The van der Waals surface area contributed by atoms with Crippen LogP contribution in [0.3, 0.4) is 0 Å². The second-order valence-corrected chi connectivity index (χ2v) is 7.02. The van der Waals surface area contributed by atoms with Crippen LogP contribution >= 0.6 is 0 Å². The lowest BCUT2D eigenvalue weighted by Crippen LogP contribution is -2.22. The molecule has 1 aliphatic carbocycles. The summed E-state index contributed by atoms with van der Waals surface area (Å²) in [6.07, 6.45) is 4.28. The second-order valence-electron chi connectivity index (χ2n) is 7.02. The van der Waals surface area contributed by atoms with Crippen molar-refractivity contribution in [2.75, 3.05) is 12.3 Å². The average molecular weight is 372 g/mol. The lowest BCUT2D eigenvalue weighted by Gasteiger charge is -2.27. The number of nitrogen functional groups attached to an aromatic ring is 1. The Balaban J connectivity index is 1.75. The normalized spacial score (nSPS) is 17.3. The summed E-state index contributed by atoms with van der Waals surface area (Å²) in [6, 6.07) is 19.0. The summed E-state index contributed by atoms with van der Waals surface area (Å²) >= 11 is 0. The minimum Gasteiger partial charge on any atom is -0.396 e. The third-order valence-corrected chi connectivity index (χ3v) is 5.03. The monoisotopic (exact) mass is 372 g/mol. The van der Waals surface area contributed by atoms with Gasteiger partial charge in [-0.05, 0) is 35.4 Å². The van der Waals surface area contributed by atoms with Gasteiger partial charge in [0.2, 0.25) is 5.95 Å². The molecule has 1 aromatic heterocycles. The van der Waals surface area contributed by atoms with Gasteiger partial charge in [0.15, 0.2) is 0 Å². The first-order valence-electron chi connectivity index (χ1n) is 9.71. The predicted molar refractivity (Wildman–Crippen MR) is 112 cm³/mol. The van der Waals surface area contributed by atoms with E-state index < -0.39 is 0 Å². The highest BCUT2D eigenvalue weighted by Crippen LogP contribution is 2.37. The van der Waals surface area contributed by atoms with Crippen LogP contribution in [0.15, 0.2) is 65.9 Å². The molecule has 3 aromatic rings. The van der Waals surface area contributed by atoms with Gasteiger partial charge in [-0.2, -0.15) is 0 Å². The van der Waals surface area contributed by atoms with E-state index in [1.54, 1.807) is 6.20 Å². The summed E-state index contributed by atoms with van der Waals surface area (Å²) in [5, 5.41) is 4.42. The predicted octanol–water partition coefficient (Wildman–Crippen LogP) is 4.59. The van der Waals surface area contributed by atoms with Gasteiger partial charge < -0.3 is 10.6 Å². The van der Waals surface area contributed by atoms with E-state index in [2.05, 4.69) is 70.6 Å². The van der Waals surface area contributed by atoms with Crippen molar-refractivity contribution in [2.45, 2.75) is 32.1 Å². The topological polar surface area (TPSA) is 73.4 Å². The smallest absolute Gasteiger partial charge is 0.220 e. The molecule has 142 valence electrons. The number of benzene rings is 2. The van der Waals surface area contributed by atoms with Gasteiger partial charge in [0.05, 0.1) is 11.4 Å². The molecule has 0 spiro atoms. The number of fused-ring (bicyclic) bond motifs is 1. The van der Waals surface area contributed by atoms with Crippen LogP contribution in [0.4, 0.5) is 5.95 Å². The molecule has 1 unspecified atom stereocenters. The van der Waals surface area contributed by atoms with Crippen LogP contribution in [0.25, 0.3) is 11.1 Å². The van der Waals surface area contributed by atoms with Crippen LogP contribution in [0, 0.1) is 0 Å². The van der Waals surface area contributed by atoms with E-state index in [0.29, 0.717) is 12.6 Å². The number of anilines is 1. The largest absolute Gasteiger partial charge is 0.396 e. The molecular formula is C23H24N4O. The lowest BCUT2D eigenvalue weighted by molar-refractivity contribution is 0.144. The molecule has 28 heavy (non-hydrogen) atoms. The van der Waals surface area contributed by atoms with Crippen LogP contribution in [0.1, 0.15) is 42.5 Å². The summed E-state index contributed by atoms with van der Waals surface area (Å²) in [6.45, 7) is 2.66. The molecule has 0 bridgehead atoms. The minimum absolute atomic E-state index is 0.252. The van der Waals surface area contributed by atoms with Crippen molar-refractivity contribution in [3.05, 3.63) is 77.6 Å². The van der Waals surface area contributed by atoms with Crippen molar-refractivity contribution in [1.82, 2.24) is 9.97 Å². The lowest BCUT2D eigenvalue weighted by atomic mass is 9.79. The Labute approximate surface area is 165 Å². The van der Waals surface area contributed by atoms with Crippen LogP contribution in [0.5, 0.6) is 0 Å². The Hall–Kier alpha value is -3.21. The molecule has 0 radical (unpaired) electrons. The van der Waals surface area contributed by atoms with Crippen molar-refractivity contribution in [3.8, 4) is 11.1 Å². The number of nitrogens with zero attached hydrogens (tertiary/aromatic N) is 3. The zero-order chi connectivity index (χ0) is 19.3. The molecule has 1 heterocycles. The molecule has 1 atom stereocenters. The Bertz CT molecular complexity index is 985. The maximum absolute atomic E-state index is 5.86. The highest BCUT2D eigenvalue weighted by molar-refractivity contribution is 6.02. The molecule has 0 fully saturated rings. The van der Waals surface area contributed by atoms with Gasteiger partial charge in [-0.25, -0.2) is 9.97 Å². The molecule has 0 saturated heterocycles. The first kappa shape index (κ1) is 18.2. The molecule has 1 aliphatic rings. The van der Waals surface area contributed by atoms with E-state index in [0.717, 1.165) is 36.2 Å². The second kappa shape index (κ2) is 8.21. The number of rotatable bonds is 5. The molecule has 0 amide bonds. The number of oxime groups is 1. The molecular weight excluding hydrogens is 348 g/mol. The Morgan fingerprint density at radius 3 is 2.64 bits per heavy atom. The molecule has 2 aromatic carbocycles. The average Bonchev–Trinajstić information content (AvgIpc) is 2.74. The fraction of sp³-hybridized carbons (Fsp3) is 0.261. The molecule has 0 aliphatic heterocycles. The van der Waals surface area contributed by atoms with Crippen LogP contribution in [-0.2, 0) is 11.3 Å². The van der Waals surface area contributed by atoms with E-state index in [4.69, 9.17) is 10.6 Å². The Morgan fingerprint density at radius 2 is 1.82 bits per heavy atom. The van der Waals surface area contributed by atoms with Gasteiger partial charge in [0.25, 0.3) is 0 Å².